The van der Waals surface area contributed by atoms with E-state index >= 15 is 0 Å². The summed E-state index contributed by atoms with van der Waals surface area (Å²) in [4.78, 5) is 14.8. The third-order valence-electron chi connectivity index (χ3n) is 6.94. The number of esters is 1. The molecule has 1 aromatic carbocycles. The molecule has 0 saturated carbocycles. The summed E-state index contributed by atoms with van der Waals surface area (Å²) in [5, 5.41) is 12.8. The van der Waals surface area contributed by atoms with Crippen molar-refractivity contribution in [3.63, 3.8) is 0 Å². The molecule has 0 radical (unpaired) electrons. The van der Waals surface area contributed by atoms with E-state index in [1.807, 2.05) is 13.0 Å². The molecule has 4 heterocycles. The van der Waals surface area contributed by atoms with Gasteiger partial charge in [0.15, 0.2) is 0 Å². The van der Waals surface area contributed by atoms with Crippen LogP contribution in [0.5, 0.6) is 0 Å². The summed E-state index contributed by atoms with van der Waals surface area (Å²) in [5.41, 5.74) is 4.10. The van der Waals surface area contributed by atoms with Crippen LogP contribution in [0.1, 0.15) is 36.9 Å². The lowest BCUT2D eigenvalue weighted by Crippen LogP contribution is -2.40. The normalized spacial score (nSPS) is 32.0. The number of hydrogen-bond acceptors (Lipinski definition) is 5. The van der Waals surface area contributed by atoms with Crippen LogP contribution in [0.2, 0.25) is 0 Å². The molecule has 148 valence electrons. The Balaban J connectivity index is 1.74. The van der Waals surface area contributed by atoms with Crippen LogP contribution in [0.15, 0.2) is 36.1 Å². The van der Waals surface area contributed by atoms with Gasteiger partial charge in [-0.05, 0) is 38.4 Å². The fourth-order valence-electron chi connectivity index (χ4n) is 5.56. The highest BCUT2D eigenvalue weighted by atomic mass is 16.5. The molecule has 1 N–H and O–H groups in total. The second-order valence-corrected chi connectivity index (χ2v) is 8.24. The van der Waals surface area contributed by atoms with Crippen molar-refractivity contribution in [2.75, 3.05) is 20.7 Å². The molecule has 1 aromatic heterocycles. The minimum Gasteiger partial charge on any atom is -0.497 e. The molecule has 28 heavy (non-hydrogen) atoms. The number of para-hydroxylation sites is 1. The molecule has 5 rings (SSSR count). The number of benzene rings is 1. The molecule has 3 aliphatic rings. The van der Waals surface area contributed by atoms with Crippen molar-refractivity contribution >= 4 is 16.9 Å². The third kappa shape index (κ3) is 2.31. The highest BCUT2D eigenvalue weighted by Crippen LogP contribution is 2.51. The summed E-state index contributed by atoms with van der Waals surface area (Å²) < 4.78 is 12.9. The Bertz CT molecular complexity index is 978. The van der Waals surface area contributed by atoms with Gasteiger partial charge < -0.3 is 19.1 Å². The molecule has 5 unspecified atom stereocenters. The zero-order valence-corrected chi connectivity index (χ0v) is 16.5. The van der Waals surface area contributed by atoms with Crippen molar-refractivity contribution in [3.8, 4) is 0 Å². The Morgan fingerprint density at radius 2 is 2.11 bits per heavy atom. The number of aromatic nitrogens is 1. The van der Waals surface area contributed by atoms with Crippen LogP contribution < -0.4 is 0 Å². The van der Waals surface area contributed by atoms with Crippen molar-refractivity contribution in [2.45, 2.75) is 38.1 Å². The standard InChI is InChI=1S/C22H26N2O4/c1-12-19-15(16(11-28-12)22(26)27-3)10-18-20-14(8-9-23(18)2)13-6-4-5-7-17(13)24(20)21(19)25/h4-7,11-12,15,18-19,21,25H,8-10H2,1-3H3. The van der Waals surface area contributed by atoms with Gasteiger partial charge in [0.2, 0.25) is 0 Å². The van der Waals surface area contributed by atoms with Crippen molar-refractivity contribution in [1.29, 1.82) is 0 Å². The van der Waals surface area contributed by atoms with E-state index in [4.69, 9.17) is 9.47 Å². The number of carbonyl (C=O) groups is 1. The van der Waals surface area contributed by atoms with Crippen LogP contribution in [0.3, 0.4) is 0 Å². The number of carbonyl (C=O) groups excluding carboxylic acids is 1. The fraction of sp³-hybridized carbons (Fsp3) is 0.500. The van der Waals surface area contributed by atoms with Crippen molar-refractivity contribution < 1.29 is 19.4 Å². The number of rotatable bonds is 1. The number of aliphatic hydroxyl groups is 1. The number of likely N-dealkylation sites (N-methyl/N-ethyl adjacent to an activating group) is 1. The minimum atomic E-state index is -0.765. The van der Waals surface area contributed by atoms with E-state index in [1.54, 1.807) is 6.26 Å². The Labute approximate surface area is 164 Å². The molecule has 6 nitrogen and oxygen atoms in total. The van der Waals surface area contributed by atoms with E-state index in [0.717, 1.165) is 24.9 Å². The quantitative estimate of drug-likeness (QED) is 0.769. The second kappa shape index (κ2) is 6.36. The summed E-state index contributed by atoms with van der Waals surface area (Å²) in [6.07, 6.45) is 2.31. The van der Waals surface area contributed by atoms with Gasteiger partial charge in [0, 0.05) is 29.5 Å². The molecule has 0 amide bonds. The smallest absolute Gasteiger partial charge is 0.337 e. The molecule has 0 aliphatic carbocycles. The van der Waals surface area contributed by atoms with Crippen LogP contribution in [0, 0.1) is 11.8 Å². The first-order chi connectivity index (χ1) is 13.5. The maximum Gasteiger partial charge on any atom is 0.337 e. The van der Waals surface area contributed by atoms with E-state index in [1.165, 1.54) is 23.8 Å². The molecule has 0 fully saturated rings. The van der Waals surface area contributed by atoms with Gasteiger partial charge in [0.25, 0.3) is 0 Å². The van der Waals surface area contributed by atoms with Gasteiger partial charge in [-0.15, -0.1) is 0 Å². The summed E-state index contributed by atoms with van der Waals surface area (Å²) >= 11 is 0. The van der Waals surface area contributed by atoms with E-state index in [-0.39, 0.29) is 30.0 Å². The molecular weight excluding hydrogens is 356 g/mol. The molecular formula is C22H26N2O4. The predicted molar refractivity (Wildman–Crippen MR) is 105 cm³/mol. The van der Waals surface area contributed by atoms with Gasteiger partial charge in [-0.1, -0.05) is 18.2 Å². The van der Waals surface area contributed by atoms with Crippen LogP contribution in [-0.2, 0) is 20.7 Å². The van der Waals surface area contributed by atoms with Crippen LogP contribution in [0.25, 0.3) is 10.9 Å². The van der Waals surface area contributed by atoms with Crippen molar-refractivity contribution in [1.82, 2.24) is 9.47 Å². The summed E-state index contributed by atoms with van der Waals surface area (Å²) in [6, 6.07) is 8.45. The van der Waals surface area contributed by atoms with Gasteiger partial charge >= 0.3 is 5.97 Å². The average molecular weight is 382 g/mol. The molecule has 0 saturated heterocycles. The Kier molecular flexibility index (Phi) is 4.03. The molecule has 0 spiro atoms. The summed E-state index contributed by atoms with van der Waals surface area (Å²) in [7, 11) is 3.53. The Morgan fingerprint density at radius 3 is 2.89 bits per heavy atom. The first-order valence-electron chi connectivity index (χ1n) is 9.96. The fourth-order valence-corrected chi connectivity index (χ4v) is 5.56. The van der Waals surface area contributed by atoms with Gasteiger partial charge in [-0.2, -0.15) is 0 Å². The minimum absolute atomic E-state index is 0.122. The topological polar surface area (TPSA) is 63.9 Å². The van der Waals surface area contributed by atoms with Crippen LogP contribution in [-0.4, -0.2) is 47.3 Å². The maximum absolute atomic E-state index is 12.5. The van der Waals surface area contributed by atoms with Gasteiger partial charge in [-0.3, -0.25) is 4.90 Å². The second-order valence-electron chi connectivity index (χ2n) is 8.24. The summed E-state index contributed by atoms with van der Waals surface area (Å²) in [6.45, 7) is 2.93. The molecule has 5 atom stereocenters. The number of nitrogens with zero attached hydrogens (tertiary/aromatic N) is 2. The lowest BCUT2D eigenvalue weighted by Gasteiger charge is -2.38. The zero-order valence-electron chi connectivity index (χ0n) is 16.5. The number of methoxy groups -OCH3 is 1. The number of ether oxygens (including phenoxy) is 2. The van der Waals surface area contributed by atoms with Crippen molar-refractivity contribution in [2.24, 2.45) is 11.8 Å². The molecule has 3 aliphatic heterocycles. The lowest BCUT2D eigenvalue weighted by molar-refractivity contribution is -0.139. The van der Waals surface area contributed by atoms with Crippen molar-refractivity contribution in [3.05, 3.63) is 47.4 Å². The maximum atomic E-state index is 12.5. The van der Waals surface area contributed by atoms with Crippen LogP contribution in [0.4, 0.5) is 0 Å². The predicted octanol–water partition coefficient (Wildman–Crippen LogP) is 2.77. The average Bonchev–Trinajstić information content (AvgIpc) is 2.96. The SMILES string of the molecule is COC(=O)C1=COC(C)C2C1CC1c3c(c4ccccc4n3C2O)CCN1C. The Morgan fingerprint density at radius 1 is 1.32 bits per heavy atom. The molecule has 0 bridgehead atoms. The van der Waals surface area contributed by atoms with Crippen LogP contribution >= 0.6 is 0 Å². The Hall–Kier alpha value is -2.31. The molecule has 2 aromatic rings. The largest absolute Gasteiger partial charge is 0.497 e. The number of fused-ring (bicyclic) bond motifs is 4. The first-order valence-corrected chi connectivity index (χ1v) is 9.96. The zero-order chi connectivity index (χ0) is 19.6. The van der Waals surface area contributed by atoms with E-state index < -0.39 is 6.23 Å². The van der Waals surface area contributed by atoms with E-state index in [0.29, 0.717) is 5.57 Å². The molecule has 6 heteroatoms. The van der Waals surface area contributed by atoms with E-state index in [9.17, 15) is 9.90 Å². The monoisotopic (exact) mass is 382 g/mol. The van der Waals surface area contributed by atoms with Gasteiger partial charge in [0.1, 0.15) is 12.3 Å². The lowest BCUT2D eigenvalue weighted by atomic mass is 9.76. The van der Waals surface area contributed by atoms with Gasteiger partial charge in [-0.25, -0.2) is 4.79 Å². The first kappa shape index (κ1) is 17.8. The van der Waals surface area contributed by atoms with E-state index in [2.05, 4.69) is 34.7 Å². The highest BCUT2D eigenvalue weighted by molar-refractivity contribution is 5.89. The van der Waals surface area contributed by atoms with Gasteiger partial charge in [0.05, 0.1) is 30.5 Å². The number of aliphatic hydroxyl groups excluding tert-OH is 1. The highest BCUT2D eigenvalue weighted by Gasteiger charge is 2.49. The summed E-state index contributed by atoms with van der Waals surface area (Å²) in [5.74, 6) is -0.717. The third-order valence-corrected chi connectivity index (χ3v) is 6.94. The number of hydrogen-bond donors (Lipinski definition) is 1.